The molecule has 0 spiro atoms. The molecule has 0 aliphatic heterocycles. The quantitative estimate of drug-likeness (QED) is 0.643. The Labute approximate surface area is 123 Å². The van der Waals surface area contributed by atoms with Crippen molar-refractivity contribution in [3.05, 3.63) is 47.8 Å². The summed E-state index contributed by atoms with van der Waals surface area (Å²) in [6.45, 7) is 3.97. The molecule has 1 heterocycles. The lowest BCUT2D eigenvalue weighted by atomic mass is 10.2. The Morgan fingerprint density at radius 3 is 2.62 bits per heavy atom. The average Bonchev–Trinajstić information content (AvgIpc) is 2.96. The zero-order chi connectivity index (χ0) is 15.1. The fourth-order valence-electron chi connectivity index (χ4n) is 1.85. The third kappa shape index (κ3) is 4.27. The lowest BCUT2D eigenvalue weighted by Gasteiger charge is -2.12. The minimum Gasteiger partial charge on any atom is -0.352 e. The van der Waals surface area contributed by atoms with Gasteiger partial charge in [0.05, 0.1) is 6.54 Å². The van der Waals surface area contributed by atoms with Crippen molar-refractivity contribution in [2.45, 2.75) is 26.6 Å². The molecule has 0 aliphatic carbocycles. The number of nitrogens with zero attached hydrogens (tertiary/aromatic N) is 4. The summed E-state index contributed by atoms with van der Waals surface area (Å²) >= 11 is 0. The van der Waals surface area contributed by atoms with Gasteiger partial charge in [-0.1, -0.05) is 12.1 Å². The predicted molar refractivity (Wildman–Crippen MR) is 79.1 cm³/mol. The van der Waals surface area contributed by atoms with Crippen LogP contribution in [-0.2, 0) is 19.6 Å². The molecular formula is C14H19FN6. The number of aryl methyl sites for hydroxylation is 1. The molecule has 1 aromatic carbocycles. The van der Waals surface area contributed by atoms with E-state index in [0.29, 0.717) is 19.0 Å². The molecule has 0 unspecified atom stereocenters. The predicted octanol–water partition coefficient (Wildman–Crippen LogP) is 1.30. The van der Waals surface area contributed by atoms with Crippen LogP contribution in [0.2, 0.25) is 0 Å². The fourth-order valence-corrected chi connectivity index (χ4v) is 1.85. The van der Waals surface area contributed by atoms with Crippen LogP contribution < -0.4 is 10.6 Å². The smallest absolute Gasteiger partial charge is 0.191 e. The minimum absolute atomic E-state index is 0.236. The number of hydrogen-bond acceptors (Lipinski definition) is 3. The molecule has 0 amide bonds. The van der Waals surface area contributed by atoms with Crippen molar-refractivity contribution in [3.8, 4) is 0 Å². The first-order chi connectivity index (χ1) is 10.2. The Kier molecular flexibility index (Phi) is 5.25. The zero-order valence-electron chi connectivity index (χ0n) is 12.2. The van der Waals surface area contributed by atoms with Crippen molar-refractivity contribution < 1.29 is 4.39 Å². The number of aromatic nitrogens is 3. The van der Waals surface area contributed by atoms with E-state index in [2.05, 4.69) is 25.8 Å². The molecule has 0 radical (unpaired) electrons. The first-order valence-corrected chi connectivity index (χ1v) is 6.78. The van der Waals surface area contributed by atoms with E-state index in [1.165, 1.54) is 12.1 Å². The van der Waals surface area contributed by atoms with Gasteiger partial charge in [-0.2, -0.15) is 0 Å². The van der Waals surface area contributed by atoms with Crippen LogP contribution in [0.15, 0.2) is 35.6 Å². The van der Waals surface area contributed by atoms with Crippen molar-refractivity contribution in [1.82, 2.24) is 25.4 Å². The van der Waals surface area contributed by atoms with Crippen LogP contribution in [0, 0.1) is 5.82 Å². The molecule has 2 aromatic rings. The molecular weight excluding hydrogens is 271 g/mol. The van der Waals surface area contributed by atoms with Gasteiger partial charge in [-0.25, -0.2) is 4.39 Å². The molecule has 0 bridgehead atoms. The molecule has 21 heavy (non-hydrogen) atoms. The van der Waals surface area contributed by atoms with E-state index in [0.717, 1.165) is 17.9 Å². The van der Waals surface area contributed by atoms with Crippen LogP contribution in [0.25, 0.3) is 0 Å². The summed E-state index contributed by atoms with van der Waals surface area (Å²) < 4.78 is 14.8. The highest BCUT2D eigenvalue weighted by molar-refractivity contribution is 5.79. The molecule has 7 heteroatoms. The highest BCUT2D eigenvalue weighted by Gasteiger charge is 2.04. The van der Waals surface area contributed by atoms with Gasteiger partial charge in [0.2, 0.25) is 0 Å². The maximum absolute atomic E-state index is 12.8. The van der Waals surface area contributed by atoms with Crippen molar-refractivity contribution in [1.29, 1.82) is 0 Å². The number of halogens is 1. The van der Waals surface area contributed by atoms with Crippen LogP contribution in [0.1, 0.15) is 18.3 Å². The van der Waals surface area contributed by atoms with Gasteiger partial charge in [-0.15, -0.1) is 10.2 Å². The van der Waals surface area contributed by atoms with Gasteiger partial charge in [0.1, 0.15) is 12.1 Å². The summed E-state index contributed by atoms with van der Waals surface area (Å²) in [5.74, 6) is 1.27. The maximum atomic E-state index is 12.8. The molecule has 2 rings (SSSR count). The maximum Gasteiger partial charge on any atom is 0.191 e. The third-order valence-electron chi connectivity index (χ3n) is 3.05. The van der Waals surface area contributed by atoms with Crippen LogP contribution in [0.5, 0.6) is 0 Å². The van der Waals surface area contributed by atoms with Crippen molar-refractivity contribution >= 4 is 5.96 Å². The Balaban J connectivity index is 1.85. The largest absolute Gasteiger partial charge is 0.352 e. The van der Waals surface area contributed by atoms with Gasteiger partial charge in [0, 0.05) is 20.1 Å². The second-order valence-corrected chi connectivity index (χ2v) is 4.44. The van der Waals surface area contributed by atoms with Gasteiger partial charge in [-0.05, 0) is 24.6 Å². The Bertz CT molecular complexity index is 590. The number of aliphatic imine (C=N–C) groups is 1. The summed E-state index contributed by atoms with van der Waals surface area (Å²) in [5, 5.41) is 14.3. The van der Waals surface area contributed by atoms with Gasteiger partial charge in [0.15, 0.2) is 11.8 Å². The van der Waals surface area contributed by atoms with Crippen molar-refractivity contribution in [2.75, 3.05) is 7.05 Å². The zero-order valence-corrected chi connectivity index (χ0v) is 12.2. The van der Waals surface area contributed by atoms with E-state index >= 15 is 0 Å². The van der Waals surface area contributed by atoms with E-state index in [9.17, 15) is 4.39 Å². The van der Waals surface area contributed by atoms with Crippen LogP contribution in [-0.4, -0.2) is 27.8 Å². The minimum atomic E-state index is -0.236. The van der Waals surface area contributed by atoms with E-state index in [1.807, 2.05) is 11.5 Å². The average molecular weight is 290 g/mol. The van der Waals surface area contributed by atoms with Gasteiger partial charge in [0.25, 0.3) is 0 Å². The summed E-state index contributed by atoms with van der Waals surface area (Å²) in [7, 11) is 1.70. The normalized spacial score (nSPS) is 11.5. The monoisotopic (exact) mass is 290 g/mol. The van der Waals surface area contributed by atoms with E-state index in [4.69, 9.17) is 0 Å². The number of nitrogens with one attached hydrogen (secondary N) is 2. The highest BCUT2D eigenvalue weighted by Crippen LogP contribution is 2.02. The topological polar surface area (TPSA) is 67.1 Å². The first-order valence-electron chi connectivity index (χ1n) is 6.78. The molecule has 6 nitrogen and oxygen atoms in total. The molecule has 0 fully saturated rings. The highest BCUT2D eigenvalue weighted by atomic mass is 19.1. The molecule has 0 saturated heterocycles. The Morgan fingerprint density at radius 2 is 1.95 bits per heavy atom. The standard InChI is InChI=1S/C14H19FN6/c1-3-21-10-19-20-13(21)9-18-14(16-2)17-8-11-4-6-12(15)7-5-11/h4-7,10H,3,8-9H2,1-2H3,(H2,16,17,18). The summed E-state index contributed by atoms with van der Waals surface area (Å²) in [6.07, 6.45) is 1.70. The molecule has 0 saturated carbocycles. The van der Waals surface area contributed by atoms with Crippen molar-refractivity contribution in [3.63, 3.8) is 0 Å². The van der Waals surface area contributed by atoms with E-state index in [-0.39, 0.29) is 5.82 Å². The Morgan fingerprint density at radius 1 is 1.24 bits per heavy atom. The second-order valence-electron chi connectivity index (χ2n) is 4.44. The number of rotatable bonds is 5. The van der Waals surface area contributed by atoms with Crippen molar-refractivity contribution in [2.24, 2.45) is 4.99 Å². The van der Waals surface area contributed by atoms with Crippen LogP contribution in [0.3, 0.4) is 0 Å². The van der Waals surface area contributed by atoms with E-state index in [1.54, 1.807) is 25.5 Å². The second kappa shape index (κ2) is 7.37. The number of benzene rings is 1. The first kappa shape index (κ1) is 15.0. The molecule has 1 aromatic heterocycles. The van der Waals surface area contributed by atoms with Crippen LogP contribution >= 0.6 is 0 Å². The lowest BCUT2D eigenvalue weighted by molar-refractivity contribution is 0.626. The van der Waals surface area contributed by atoms with Gasteiger partial charge < -0.3 is 15.2 Å². The lowest BCUT2D eigenvalue weighted by Crippen LogP contribution is -2.37. The molecule has 112 valence electrons. The summed E-state index contributed by atoms with van der Waals surface area (Å²) in [4.78, 5) is 4.14. The summed E-state index contributed by atoms with van der Waals surface area (Å²) in [6, 6.07) is 6.36. The van der Waals surface area contributed by atoms with Gasteiger partial charge >= 0.3 is 0 Å². The Hall–Kier alpha value is -2.44. The summed E-state index contributed by atoms with van der Waals surface area (Å²) in [5.41, 5.74) is 0.982. The van der Waals surface area contributed by atoms with E-state index < -0.39 is 0 Å². The molecule has 0 aliphatic rings. The SMILES string of the molecule is CCn1cnnc1CNC(=NC)NCc1ccc(F)cc1. The molecule has 2 N–H and O–H groups in total. The third-order valence-corrected chi connectivity index (χ3v) is 3.05. The molecule has 0 atom stereocenters. The fraction of sp³-hybridized carbons (Fsp3) is 0.357. The van der Waals surface area contributed by atoms with Crippen LogP contribution in [0.4, 0.5) is 4.39 Å². The number of hydrogen-bond donors (Lipinski definition) is 2. The number of guanidine groups is 1. The van der Waals surface area contributed by atoms with Gasteiger partial charge in [-0.3, -0.25) is 4.99 Å².